The Hall–Kier alpha value is -1.72. The Labute approximate surface area is 111 Å². The van der Waals surface area contributed by atoms with Crippen molar-refractivity contribution in [3.05, 3.63) is 53.8 Å². The molecule has 5 heteroatoms. The van der Waals surface area contributed by atoms with Gasteiger partial charge in [0.2, 0.25) is 0 Å². The van der Waals surface area contributed by atoms with E-state index in [0.29, 0.717) is 5.56 Å². The van der Waals surface area contributed by atoms with E-state index >= 15 is 0 Å². The van der Waals surface area contributed by atoms with Crippen LogP contribution in [0.15, 0.2) is 47.4 Å². The van der Waals surface area contributed by atoms with E-state index in [9.17, 15) is 12.8 Å². The van der Waals surface area contributed by atoms with Gasteiger partial charge in [-0.1, -0.05) is 30.3 Å². The third kappa shape index (κ3) is 2.83. The molecule has 100 valence electrons. The Morgan fingerprint density at radius 2 is 1.74 bits per heavy atom. The molecule has 0 amide bonds. The van der Waals surface area contributed by atoms with Gasteiger partial charge < -0.3 is 5.11 Å². The summed E-state index contributed by atoms with van der Waals surface area (Å²) in [6.45, 7) is -0.649. The molecule has 0 aliphatic heterocycles. The van der Waals surface area contributed by atoms with Crippen molar-refractivity contribution in [2.75, 3.05) is 6.26 Å². The Kier molecular flexibility index (Phi) is 3.68. The van der Waals surface area contributed by atoms with Gasteiger partial charge in [0.05, 0.1) is 11.5 Å². The van der Waals surface area contributed by atoms with Gasteiger partial charge in [-0.25, -0.2) is 12.8 Å². The maximum Gasteiger partial charge on any atom is 0.176 e. The quantitative estimate of drug-likeness (QED) is 0.939. The first kappa shape index (κ1) is 13.7. The molecule has 2 aromatic rings. The molecular weight excluding hydrogens is 267 g/mol. The Bertz CT molecular complexity index is 694. The predicted molar refractivity (Wildman–Crippen MR) is 70.9 cm³/mol. The van der Waals surface area contributed by atoms with Crippen LogP contribution in [0, 0.1) is 5.82 Å². The number of aliphatic hydroxyl groups is 1. The summed E-state index contributed by atoms with van der Waals surface area (Å²) >= 11 is 0. The summed E-state index contributed by atoms with van der Waals surface area (Å²) in [5.74, 6) is -0.718. The van der Waals surface area contributed by atoms with Crippen LogP contribution >= 0.6 is 0 Å². The molecule has 2 aromatic carbocycles. The van der Waals surface area contributed by atoms with Crippen LogP contribution in [-0.2, 0) is 16.4 Å². The van der Waals surface area contributed by atoms with Crippen molar-refractivity contribution >= 4 is 9.84 Å². The van der Waals surface area contributed by atoms with Crippen LogP contribution < -0.4 is 0 Å². The normalized spacial score (nSPS) is 11.5. The average Bonchev–Trinajstić information content (AvgIpc) is 2.37. The number of aliphatic hydroxyl groups excluding tert-OH is 1. The minimum Gasteiger partial charge on any atom is -0.392 e. The van der Waals surface area contributed by atoms with E-state index in [0.717, 1.165) is 11.8 Å². The van der Waals surface area contributed by atoms with Gasteiger partial charge in [-0.3, -0.25) is 0 Å². The molecule has 0 bridgehead atoms. The van der Waals surface area contributed by atoms with Crippen molar-refractivity contribution in [1.29, 1.82) is 0 Å². The van der Waals surface area contributed by atoms with Crippen LogP contribution in [0.2, 0.25) is 0 Å². The Morgan fingerprint density at radius 3 is 2.26 bits per heavy atom. The number of halogens is 1. The molecule has 0 aliphatic rings. The molecule has 19 heavy (non-hydrogen) atoms. The van der Waals surface area contributed by atoms with Gasteiger partial charge in [-0.2, -0.15) is 0 Å². The molecule has 0 unspecified atom stereocenters. The van der Waals surface area contributed by atoms with Crippen molar-refractivity contribution in [2.45, 2.75) is 11.5 Å². The third-order valence-corrected chi connectivity index (χ3v) is 3.98. The summed E-state index contributed by atoms with van der Waals surface area (Å²) in [6, 6.07) is 11.5. The van der Waals surface area contributed by atoms with Gasteiger partial charge in [-0.15, -0.1) is 0 Å². The number of rotatable bonds is 3. The third-order valence-electron chi connectivity index (χ3n) is 2.82. The van der Waals surface area contributed by atoms with Crippen molar-refractivity contribution < 1.29 is 17.9 Å². The van der Waals surface area contributed by atoms with E-state index in [2.05, 4.69) is 0 Å². The van der Waals surface area contributed by atoms with Crippen molar-refractivity contribution in [3.8, 4) is 11.1 Å². The lowest BCUT2D eigenvalue weighted by molar-refractivity contribution is 0.272. The van der Waals surface area contributed by atoms with Gasteiger partial charge >= 0.3 is 0 Å². The highest BCUT2D eigenvalue weighted by atomic mass is 32.2. The molecule has 2 rings (SSSR count). The van der Waals surface area contributed by atoms with Gasteiger partial charge in [0.25, 0.3) is 0 Å². The topological polar surface area (TPSA) is 54.4 Å². The van der Waals surface area contributed by atoms with Crippen molar-refractivity contribution in [1.82, 2.24) is 0 Å². The molecule has 0 aliphatic carbocycles. The first-order valence-corrected chi connectivity index (χ1v) is 7.51. The second-order valence-electron chi connectivity index (χ2n) is 4.23. The zero-order valence-electron chi connectivity index (χ0n) is 10.3. The van der Waals surface area contributed by atoms with E-state index < -0.39 is 22.3 Å². The summed E-state index contributed by atoms with van der Waals surface area (Å²) < 4.78 is 37.2. The van der Waals surface area contributed by atoms with Crippen LogP contribution in [0.25, 0.3) is 11.1 Å². The fraction of sp³-hybridized carbons (Fsp3) is 0.143. The second kappa shape index (κ2) is 5.11. The molecule has 0 heterocycles. The van der Waals surface area contributed by atoms with Gasteiger partial charge in [0.1, 0.15) is 5.82 Å². The molecule has 1 N–H and O–H groups in total. The maximum atomic E-state index is 13.9. The molecule has 0 saturated carbocycles. The molecule has 0 radical (unpaired) electrons. The number of hydrogen-bond donors (Lipinski definition) is 1. The summed E-state index contributed by atoms with van der Waals surface area (Å²) in [7, 11) is -3.60. The van der Waals surface area contributed by atoms with Gasteiger partial charge in [0, 0.05) is 11.8 Å². The van der Waals surface area contributed by atoms with Gasteiger partial charge in [-0.05, 0) is 23.3 Å². The lowest BCUT2D eigenvalue weighted by Crippen LogP contribution is -2.05. The van der Waals surface area contributed by atoms with Crippen LogP contribution in [0.5, 0.6) is 0 Å². The smallest absolute Gasteiger partial charge is 0.176 e. The Balaban J connectivity index is 2.71. The average molecular weight is 280 g/mol. The lowest BCUT2D eigenvalue weighted by atomic mass is 10.0. The summed E-state index contributed by atoms with van der Waals surface area (Å²) in [6.07, 6.45) is 0.996. The fourth-order valence-electron chi connectivity index (χ4n) is 1.89. The largest absolute Gasteiger partial charge is 0.392 e. The van der Waals surface area contributed by atoms with E-state index in [4.69, 9.17) is 5.11 Å². The van der Waals surface area contributed by atoms with Crippen LogP contribution in [0.3, 0.4) is 0 Å². The highest BCUT2D eigenvalue weighted by molar-refractivity contribution is 7.90. The first-order valence-electron chi connectivity index (χ1n) is 5.62. The Morgan fingerprint density at radius 1 is 1.11 bits per heavy atom. The molecule has 0 aromatic heterocycles. The maximum absolute atomic E-state index is 13.9. The molecular formula is C14H13FO3S. The van der Waals surface area contributed by atoms with Crippen molar-refractivity contribution in [3.63, 3.8) is 0 Å². The molecule has 0 spiro atoms. The fourth-order valence-corrected chi connectivity index (χ4v) is 2.84. The van der Waals surface area contributed by atoms with Gasteiger partial charge in [0.15, 0.2) is 9.84 Å². The van der Waals surface area contributed by atoms with E-state index in [1.54, 1.807) is 24.3 Å². The second-order valence-corrected chi connectivity index (χ2v) is 6.22. The molecule has 0 fully saturated rings. The van der Waals surface area contributed by atoms with Crippen LogP contribution in [-0.4, -0.2) is 19.8 Å². The van der Waals surface area contributed by atoms with Crippen LogP contribution in [0.1, 0.15) is 5.56 Å². The number of sulfone groups is 1. The van der Waals surface area contributed by atoms with E-state index in [-0.39, 0.29) is 10.5 Å². The minimum atomic E-state index is -3.60. The summed E-state index contributed by atoms with van der Waals surface area (Å²) in [4.78, 5) is -0.172. The first-order chi connectivity index (χ1) is 8.93. The summed E-state index contributed by atoms with van der Waals surface area (Å²) in [5.41, 5.74) is 0.994. The van der Waals surface area contributed by atoms with Crippen LogP contribution in [0.4, 0.5) is 4.39 Å². The lowest BCUT2D eigenvalue weighted by Gasteiger charge is -2.10. The highest BCUT2D eigenvalue weighted by Crippen LogP contribution is 2.27. The standard InChI is InChI=1S/C14H13FO3S/c1-19(17,18)14-8-11(7-13(15)12(14)9-16)10-5-3-2-4-6-10/h2-8,16H,9H2,1H3. The molecule has 3 nitrogen and oxygen atoms in total. The van der Waals surface area contributed by atoms with Crippen molar-refractivity contribution in [2.24, 2.45) is 0 Å². The molecule has 0 saturated heterocycles. The number of benzene rings is 2. The monoisotopic (exact) mass is 280 g/mol. The SMILES string of the molecule is CS(=O)(=O)c1cc(-c2ccccc2)cc(F)c1CO. The zero-order chi connectivity index (χ0) is 14.0. The predicted octanol–water partition coefficient (Wildman–Crippen LogP) is 2.39. The minimum absolute atomic E-state index is 0.172. The zero-order valence-corrected chi connectivity index (χ0v) is 11.1. The van der Waals surface area contributed by atoms with E-state index in [1.807, 2.05) is 6.07 Å². The molecule has 0 atom stereocenters. The highest BCUT2D eigenvalue weighted by Gasteiger charge is 2.18. The summed E-state index contributed by atoms with van der Waals surface area (Å²) in [5, 5.41) is 9.12. The van der Waals surface area contributed by atoms with E-state index in [1.165, 1.54) is 12.1 Å². The number of hydrogen-bond acceptors (Lipinski definition) is 3.